The molecule has 0 aromatic rings. The Kier molecular flexibility index (Phi) is 21.6. The van der Waals surface area contributed by atoms with E-state index >= 15 is 0 Å². The lowest BCUT2D eigenvalue weighted by Gasteiger charge is -2.29. The first-order chi connectivity index (χ1) is 17.5. The van der Waals surface area contributed by atoms with Gasteiger partial charge < -0.3 is 19.2 Å². The molecule has 0 aromatic carbocycles. The number of ether oxygens (including phenoxy) is 1. The molecule has 0 fully saturated rings. The molecule has 0 bridgehead atoms. The molecular weight excluding hydrogens is 493 g/mol. The van der Waals surface area contributed by atoms with E-state index < -0.39 is 39.2 Å². The van der Waals surface area contributed by atoms with E-state index in [4.69, 9.17) is 13.8 Å². The number of phosphoric acid groups is 1. The number of esters is 1. The molecule has 0 amide bonds. The first-order valence-corrected chi connectivity index (χ1v) is 15.9. The van der Waals surface area contributed by atoms with Crippen LogP contribution in [0.15, 0.2) is 12.2 Å². The molecule has 3 atom stereocenters. The van der Waals surface area contributed by atoms with Crippen molar-refractivity contribution in [3.05, 3.63) is 12.2 Å². The number of hydrogen-bond donors (Lipinski definition) is 2. The van der Waals surface area contributed by atoms with Crippen LogP contribution in [0.5, 0.6) is 0 Å². The predicted octanol–water partition coefficient (Wildman–Crippen LogP) is 6.55. The van der Waals surface area contributed by atoms with Gasteiger partial charge in [0.2, 0.25) is 0 Å². The number of nitrogens with zero attached hydrogens (tertiary/aromatic N) is 1. The molecule has 0 saturated carbocycles. The molecule has 0 heterocycles. The van der Waals surface area contributed by atoms with Gasteiger partial charge in [0.05, 0.1) is 34.4 Å². The summed E-state index contributed by atoms with van der Waals surface area (Å²) in [5.41, 5.74) is 0. The van der Waals surface area contributed by atoms with Crippen molar-refractivity contribution >= 4 is 13.8 Å². The van der Waals surface area contributed by atoms with Crippen LogP contribution in [0.2, 0.25) is 0 Å². The van der Waals surface area contributed by atoms with Gasteiger partial charge >= 0.3 is 13.8 Å². The molecule has 2 unspecified atom stereocenters. The normalized spacial score (nSPS) is 15.5. The second kappa shape index (κ2) is 22.1. The van der Waals surface area contributed by atoms with Crippen molar-refractivity contribution in [3.63, 3.8) is 0 Å². The van der Waals surface area contributed by atoms with Crippen LogP contribution in [0.1, 0.15) is 110 Å². The van der Waals surface area contributed by atoms with Gasteiger partial charge in [0, 0.05) is 6.42 Å². The molecule has 9 heteroatoms. The number of aliphatic hydroxyl groups excluding tert-OH is 1. The summed E-state index contributed by atoms with van der Waals surface area (Å²) in [6.45, 7) is 3.76. The summed E-state index contributed by atoms with van der Waals surface area (Å²) in [6, 6.07) is 0. The van der Waals surface area contributed by atoms with Crippen molar-refractivity contribution in [1.29, 1.82) is 0 Å². The molecule has 8 nitrogen and oxygen atoms in total. The topological polar surface area (TPSA) is 102 Å². The fourth-order valence-corrected chi connectivity index (χ4v) is 4.96. The lowest BCUT2D eigenvalue weighted by atomic mass is 10.1. The van der Waals surface area contributed by atoms with Crippen LogP contribution in [0.25, 0.3) is 0 Å². The third-order valence-corrected chi connectivity index (χ3v) is 7.10. The van der Waals surface area contributed by atoms with Gasteiger partial charge in [-0.15, -0.1) is 0 Å². The highest BCUT2D eigenvalue weighted by atomic mass is 31.2. The van der Waals surface area contributed by atoms with Crippen LogP contribution >= 0.6 is 7.82 Å². The third-order valence-electron chi connectivity index (χ3n) is 6.06. The minimum atomic E-state index is -4.33. The van der Waals surface area contributed by atoms with Gasteiger partial charge in [-0.2, -0.15) is 0 Å². The van der Waals surface area contributed by atoms with Gasteiger partial charge in [-0.05, 0) is 38.5 Å². The maximum atomic E-state index is 12.3. The van der Waals surface area contributed by atoms with Crippen molar-refractivity contribution in [2.75, 3.05) is 40.9 Å². The molecule has 0 saturated heterocycles. The highest BCUT2D eigenvalue weighted by molar-refractivity contribution is 7.47. The number of phosphoric ester groups is 1. The zero-order valence-corrected chi connectivity index (χ0v) is 25.3. The van der Waals surface area contributed by atoms with Gasteiger partial charge in [-0.3, -0.25) is 13.8 Å². The van der Waals surface area contributed by atoms with E-state index in [9.17, 15) is 19.4 Å². The summed E-state index contributed by atoms with van der Waals surface area (Å²) < 4.78 is 28.3. The summed E-state index contributed by atoms with van der Waals surface area (Å²) >= 11 is 0. The van der Waals surface area contributed by atoms with E-state index in [1.165, 1.54) is 44.9 Å². The number of aliphatic hydroxyl groups is 1. The first kappa shape index (κ1) is 36.2. The Balaban J connectivity index is 3.92. The number of quaternary nitrogens is 1. The third kappa shape index (κ3) is 24.0. The van der Waals surface area contributed by atoms with E-state index in [-0.39, 0.29) is 6.42 Å². The summed E-state index contributed by atoms with van der Waals surface area (Å²) in [5, 5.41) is 9.48. The molecular formula is C28H57NO7P+. The number of carbonyl (C=O) groups is 1. The molecule has 0 aliphatic rings. The average molecular weight is 551 g/mol. The fourth-order valence-electron chi connectivity index (χ4n) is 3.95. The Labute approximate surface area is 227 Å². The Hall–Kier alpha value is -0.760. The molecule has 0 aromatic heterocycles. The van der Waals surface area contributed by atoms with Gasteiger partial charge in [0.15, 0.2) is 0 Å². The Bertz CT molecular complexity index is 637. The smallest absolute Gasteiger partial charge is 0.457 e. The van der Waals surface area contributed by atoms with E-state index in [1.807, 2.05) is 28.1 Å². The summed E-state index contributed by atoms with van der Waals surface area (Å²) in [6.07, 6.45) is 19.3. The zero-order valence-electron chi connectivity index (χ0n) is 24.4. The Morgan fingerprint density at radius 1 is 0.865 bits per heavy atom. The number of rotatable bonds is 25. The summed E-state index contributed by atoms with van der Waals surface area (Å²) in [7, 11) is 1.56. The van der Waals surface area contributed by atoms with Crippen molar-refractivity contribution < 1.29 is 37.6 Å². The van der Waals surface area contributed by atoms with Crippen molar-refractivity contribution in [2.45, 2.75) is 122 Å². The second-order valence-corrected chi connectivity index (χ2v) is 12.4. The molecule has 0 spiro atoms. The van der Waals surface area contributed by atoms with Gasteiger partial charge in [0.1, 0.15) is 18.8 Å². The number of carbonyl (C=O) groups excluding carboxylic acids is 1. The maximum absolute atomic E-state index is 12.3. The van der Waals surface area contributed by atoms with Crippen molar-refractivity contribution in [1.82, 2.24) is 0 Å². The van der Waals surface area contributed by atoms with E-state index in [2.05, 4.69) is 19.1 Å². The van der Waals surface area contributed by atoms with E-state index in [1.54, 1.807) is 0 Å². The standard InChI is InChI=1S/C28H56NO7P/c1-6-8-9-10-11-12-13-14-15-16-17-18-19-20-21-22-28(31)35-27(24-30)25-34-37(32,33)36-26(7-2)23-29(3,4)5/h14-15,26-27,30H,6-13,16-25H2,1-5H3/p+1/b15-14-/t26?,27-/m0/s1. The summed E-state index contributed by atoms with van der Waals surface area (Å²) in [4.78, 5) is 22.1. The molecule has 37 heavy (non-hydrogen) atoms. The van der Waals surface area contributed by atoms with E-state index in [0.29, 0.717) is 17.4 Å². The molecule has 0 radical (unpaired) electrons. The van der Waals surface area contributed by atoms with Crippen LogP contribution in [0.4, 0.5) is 0 Å². The molecule has 0 aliphatic carbocycles. The predicted molar refractivity (Wildman–Crippen MR) is 150 cm³/mol. The van der Waals surface area contributed by atoms with Gasteiger partial charge in [-0.1, -0.05) is 77.4 Å². The minimum Gasteiger partial charge on any atom is -0.457 e. The van der Waals surface area contributed by atoms with Gasteiger partial charge in [0.25, 0.3) is 0 Å². The lowest BCUT2D eigenvalue weighted by molar-refractivity contribution is -0.873. The quantitative estimate of drug-likeness (QED) is 0.0437. The molecule has 220 valence electrons. The van der Waals surface area contributed by atoms with Crippen molar-refractivity contribution in [3.8, 4) is 0 Å². The number of hydrogen-bond acceptors (Lipinski definition) is 6. The maximum Gasteiger partial charge on any atom is 0.472 e. The Morgan fingerprint density at radius 2 is 1.41 bits per heavy atom. The summed E-state index contributed by atoms with van der Waals surface area (Å²) in [5.74, 6) is -0.439. The molecule has 2 N–H and O–H groups in total. The Morgan fingerprint density at radius 3 is 1.92 bits per heavy atom. The lowest BCUT2D eigenvalue weighted by Crippen LogP contribution is -2.42. The minimum absolute atomic E-state index is 0.253. The van der Waals surface area contributed by atoms with Crippen LogP contribution in [0.3, 0.4) is 0 Å². The zero-order chi connectivity index (χ0) is 28.0. The highest BCUT2D eigenvalue weighted by Gasteiger charge is 2.30. The molecule has 0 rings (SSSR count). The van der Waals surface area contributed by atoms with Crippen molar-refractivity contribution in [2.24, 2.45) is 0 Å². The fraction of sp³-hybridized carbons (Fsp3) is 0.893. The monoisotopic (exact) mass is 550 g/mol. The SMILES string of the molecule is CCCCCCCC/C=C\CCCCCCCC(=O)O[C@@H](CO)COP(=O)(O)OC(CC)C[N+](C)(C)C. The number of unbranched alkanes of at least 4 members (excludes halogenated alkanes) is 11. The van der Waals surface area contributed by atoms with Crippen LogP contribution < -0.4 is 0 Å². The van der Waals surface area contributed by atoms with Crippen LogP contribution in [-0.2, 0) is 23.1 Å². The second-order valence-electron chi connectivity index (χ2n) is 11.0. The largest absolute Gasteiger partial charge is 0.472 e. The number of likely N-dealkylation sites (N-methyl/N-ethyl adjacent to an activating group) is 1. The van der Waals surface area contributed by atoms with E-state index in [0.717, 1.165) is 38.5 Å². The average Bonchev–Trinajstić information content (AvgIpc) is 2.82. The molecule has 0 aliphatic heterocycles. The van der Waals surface area contributed by atoms with Crippen LogP contribution in [0, 0.1) is 0 Å². The van der Waals surface area contributed by atoms with Crippen LogP contribution in [-0.4, -0.2) is 73.6 Å². The number of allylic oxidation sites excluding steroid dienone is 2. The van der Waals surface area contributed by atoms with Gasteiger partial charge in [-0.25, -0.2) is 4.57 Å². The first-order valence-electron chi connectivity index (χ1n) is 14.4. The highest BCUT2D eigenvalue weighted by Crippen LogP contribution is 2.45.